The molecule has 2 aromatic heterocycles. The maximum Gasteiger partial charge on any atom is 0.148 e. The molecule has 12 heavy (non-hydrogen) atoms. The SMILES string of the molecule is CNc1cc2ccc(C)cn2n1. The Labute approximate surface area is 71.0 Å². The monoisotopic (exact) mass is 161 g/mol. The number of aryl methyl sites for hydroxylation is 1. The highest BCUT2D eigenvalue weighted by atomic mass is 15.3. The van der Waals surface area contributed by atoms with Crippen LogP contribution in [0.25, 0.3) is 5.52 Å². The van der Waals surface area contributed by atoms with Gasteiger partial charge in [0.1, 0.15) is 5.82 Å². The van der Waals surface area contributed by atoms with Gasteiger partial charge in [-0.05, 0) is 18.6 Å². The Kier molecular flexibility index (Phi) is 1.50. The summed E-state index contributed by atoms with van der Waals surface area (Å²) in [5.41, 5.74) is 2.33. The normalized spacial score (nSPS) is 10.5. The van der Waals surface area contributed by atoms with Crippen LogP contribution in [0.5, 0.6) is 0 Å². The highest BCUT2D eigenvalue weighted by Gasteiger charge is 1.97. The van der Waals surface area contributed by atoms with E-state index >= 15 is 0 Å². The van der Waals surface area contributed by atoms with E-state index in [1.165, 1.54) is 5.56 Å². The number of nitrogens with zero attached hydrogens (tertiary/aromatic N) is 2. The topological polar surface area (TPSA) is 29.3 Å². The second-order valence-corrected chi connectivity index (χ2v) is 2.86. The largest absolute Gasteiger partial charge is 0.372 e. The summed E-state index contributed by atoms with van der Waals surface area (Å²) in [6.45, 7) is 2.06. The predicted molar refractivity (Wildman–Crippen MR) is 49.5 cm³/mol. The highest BCUT2D eigenvalue weighted by molar-refractivity contribution is 5.55. The molecule has 0 aromatic carbocycles. The Balaban J connectivity index is 2.67. The number of hydrogen-bond acceptors (Lipinski definition) is 2. The first-order valence-corrected chi connectivity index (χ1v) is 3.93. The molecule has 0 unspecified atom stereocenters. The van der Waals surface area contributed by atoms with Crippen molar-refractivity contribution in [3.63, 3.8) is 0 Å². The van der Waals surface area contributed by atoms with Gasteiger partial charge >= 0.3 is 0 Å². The van der Waals surface area contributed by atoms with Gasteiger partial charge in [-0.15, -0.1) is 0 Å². The van der Waals surface area contributed by atoms with Crippen molar-refractivity contribution in [1.82, 2.24) is 9.61 Å². The fourth-order valence-electron chi connectivity index (χ4n) is 1.21. The van der Waals surface area contributed by atoms with Crippen LogP contribution in [0.1, 0.15) is 5.56 Å². The lowest BCUT2D eigenvalue weighted by Crippen LogP contribution is -1.90. The molecule has 0 saturated heterocycles. The van der Waals surface area contributed by atoms with Crippen molar-refractivity contribution < 1.29 is 0 Å². The van der Waals surface area contributed by atoms with Gasteiger partial charge in [0.25, 0.3) is 0 Å². The molecule has 2 aromatic rings. The molecule has 0 aliphatic heterocycles. The second kappa shape index (κ2) is 2.52. The molecule has 0 atom stereocenters. The van der Waals surface area contributed by atoms with E-state index < -0.39 is 0 Å². The number of nitrogens with one attached hydrogen (secondary N) is 1. The van der Waals surface area contributed by atoms with Crippen LogP contribution in [0.4, 0.5) is 5.82 Å². The van der Waals surface area contributed by atoms with Crippen LogP contribution < -0.4 is 5.32 Å². The van der Waals surface area contributed by atoms with E-state index in [0.29, 0.717) is 0 Å². The lowest BCUT2D eigenvalue weighted by atomic mass is 10.3. The van der Waals surface area contributed by atoms with E-state index in [1.807, 2.05) is 23.8 Å². The molecular formula is C9H11N3. The minimum Gasteiger partial charge on any atom is -0.372 e. The van der Waals surface area contributed by atoms with E-state index in [9.17, 15) is 0 Å². The molecule has 0 fully saturated rings. The van der Waals surface area contributed by atoms with Crippen molar-refractivity contribution in [2.24, 2.45) is 0 Å². The standard InChI is InChI=1S/C9H11N3/c1-7-3-4-8-5-9(10-2)11-12(8)6-7/h3-6H,1-2H3,(H,10,11). The van der Waals surface area contributed by atoms with E-state index in [2.05, 4.69) is 29.5 Å². The summed E-state index contributed by atoms with van der Waals surface area (Å²) >= 11 is 0. The van der Waals surface area contributed by atoms with Gasteiger partial charge in [-0.1, -0.05) is 6.07 Å². The van der Waals surface area contributed by atoms with Crippen molar-refractivity contribution in [2.45, 2.75) is 6.92 Å². The molecule has 3 heteroatoms. The Morgan fingerprint density at radius 3 is 3.00 bits per heavy atom. The van der Waals surface area contributed by atoms with Crippen LogP contribution in [-0.2, 0) is 0 Å². The lowest BCUT2D eigenvalue weighted by Gasteiger charge is -1.93. The summed E-state index contributed by atoms with van der Waals surface area (Å²) in [6, 6.07) is 6.15. The van der Waals surface area contributed by atoms with E-state index in [0.717, 1.165) is 11.3 Å². The van der Waals surface area contributed by atoms with Gasteiger partial charge in [-0.2, -0.15) is 5.10 Å². The maximum atomic E-state index is 4.30. The zero-order valence-electron chi connectivity index (χ0n) is 7.20. The van der Waals surface area contributed by atoms with Gasteiger partial charge in [-0.25, -0.2) is 4.52 Å². The van der Waals surface area contributed by atoms with Gasteiger partial charge in [0, 0.05) is 19.3 Å². The van der Waals surface area contributed by atoms with Gasteiger partial charge in [0.05, 0.1) is 5.52 Å². The number of pyridine rings is 1. The summed E-state index contributed by atoms with van der Waals surface area (Å²) in [6.07, 6.45) is 2.01. The summed E-state index contributed by atoms with van der Waals surface area (Å²) in [4.78, 5) is 0. The van der Waals surface area contributed by atoms with Crippen LogP contribution in [0.2, 0.25) is 0 Å². The Morgan fingerprint density at radius 1 is 1.42 bits per heavy atom. The van der Waals surface area contributed by atoms with Crippen LogP contribution in [0.15, 0.2) is 24.4 Å². The molecule has 0 aliphatic rings. The second-order valence-electron chi connectivity index (χ2n) is 2.86. The first-order valence-electron chi connectivity index (χ1n) is 3.93. The van der Waals surface area contributed by atoms with Crippen molar-refractivity contribution in [3.8, 4) is 0 Å². The fourth-order valence-corrected chi connectivity index (χ4v) is 1.21. The Bertz CT molecular complexity index is 403. The average molecular weight is 161 g/mol. The number of aromatic nitrogens is 2. The molecule has 0 spiro atoms. The van der Waals surface area contributed by atoms with Crippen LogP contribution >= 0.6 is 0 Å². The molecule has 0 saturated carbocycles. The first kappa shape index (κ1) is 7.16. The van der Waals surface area contributed by atoms with Crippen molar-refractivity contribution in [3.05, 3.63) is 30.0 Å². The van der Waals surface area contributed by atoms with Gasteiger partial charge in [0.15, 0.2) is 0 Å². The third kappa shape index (κ3) is 1.03. The molecule has 0 aliphatic carbocycles. The van der Waals surface area contributed by atoms with Crippen molar-refractivity contribution >= 4 is 11.3 Å². The summed E-state index contributed by atoms with van der Waals surface area (Å²) in [5.74, 6) is 0.903. The van der Waals surface area contributed by atoms with E-state index in [4.69, 9.17) is 0 Å². The minimum absolute atomic E-state index is 0.903. The predicted octanol–water partition coefficient (Wildman–Crippen LogP) is 1.68. The lowest BCUT2D eigenvalue weighted by molar-refractivity contribution is 0.953. The summed E-state index contributed by atoms with van der Waals surface area (Å²) in [7, 11) is 1.87. The number of hydrogen-bond donors (Lipinski definition) is 1. The van der Waals surface area contributed by atoms with Crippen LogP contribution in [0, 0.1) is 6.92 Å². The van der Waals surface area contributed by atoms with E-state index in [1.54, 1.807) is 0 Å². The first-order chi connectivity index (χ1) is 5.79. The number of anilines is 1. The molecule has 62 valence electrons. The Hall–Kier alpha value is -1.51. The molecule has 1 N–H and O–H groups in total. The zero-order valence-corrected chi connectivity index (χ0v) is 7.20. The van der Waals surface area contributed by atoms with Crippen LogP contribution in [-0.4, -0.2) is 16.7 Å². The molecule has 0 radical (unpaired) electrons. The molecular weight excluding hydrogens is 150 g/mol. The average Bonchev–Trinajstić information content (AvgIpc) is 2.46. The van der Waals surface area contributed by atoms with Gasteiger partial charge in [-0.3, -0.25) is 0 Å². The molecule has 2 heterocycles. The minimum atomic E-state index is 0.903. The Morgan fingerprint density at radius 2 is 2.25 bits per heavy atom. The quantitative estimate of drug-likeness (QED) is 0.689. The third-order valence-corrected chi connectivity index (χ3v) is 1.86. The smallest absolute Gasteiger partial charge is 0.148 e. The fraction of sp³-hybridized carbons (Fsp3) is 0.222. The molecule has 2 rings (SSSR count). The van der Waals surface area contributed by atoms with Gasteiger partial charge in [0.2, 0.25) is 0 Å². The van der Waals surface area contributed by atoms with Crippen LogP contribution in [0.3, 0.4) is 0 Å². The molecule has 0 bridgehead atoms. The summed E-state index contributed by atoms with van der Waals surface area (Å²) < 4.78 is 1.88. The maximum absolute atomic E-state index is 4.30. The summed E-state index contributed by atoms with van der Waals surface area (Å²) in [5, 5.41) is 7.30. The molecule has 3 nitrogen and oxygen atoms in total. The van der Waals surface area contributed by atoms with Crippen molar-refractivity contribution in [1.29, 1.82) is 0 Å². The highest BCUT2D eigenvalue weighted by Crippen LogP contribution is 2.10. The molecule has 0 amide bonds. The zero-order chi connectivity index (χ0) is 8.55. The third-order valence-electron chi connectivity index (χ3n) is 1.86. The van der Waals surface area contributed by atoms with Gasteiger partial charge < -0.3 is 5.32 Å². The number of rotatable bonds is 1. The van der Waals surface area contributed by atoms with Crippen molar-refractivity contribution in [2.75, 3.05) is 12.4 Å². The number of fused-ring (bicyclic) bond motifs is 1. The van der Waals surface area contributed by atoms with E-state index in [-0.39, 0.29) is 0 Å².